The summed E-state index contributed by atoms with van der Waals surface area (Å²) in [5.41, 5.74) is 0.372. The van der Waals surface area contributed by atoms with Crippen molar-refractivity contribution in [3.8, 4) is 0 Å². The van der Waals surface area contributed by atoms with Crippen LogP contribution in [-0.4, -0.2) is 23.0 Å². The van der Waals surface area contributed by atoms with Crippen LogP contribution < -0.4 is 34.7 Å². The minimum Gasteiger partial charge on any atom is -0.550 e. The van der Waals surface area contributed by atoms with Gasteiger partial charge in [-0.3, -0.25) is 4.79 Å². The summed E-state index contributed by atoms with van der Waals surface area (Å²) in [5, 5.41) is 21.1. The van der Waals surface area contributed by atoms with Crippen LogP contribution in [0, 0.1) is 46.3 Å². The molecule has 0 aliphatic heterocycles. The maximum atomic E-state index is 13.3. The second kappa shape index (κ2) is 8.56. The number of ketones is 1. The summed E-state index contributed by atoms with van der Waals surface area (Å²) in [6.45, 7) is 7.01. The molecule has 0 spiro atoms. The Balaban J connectivity index is 0.00000240. The molecule has 4 fully saturated rings. The van der Waals surface area contributed by atoms with Crippen molar-refractivity contribution < 1.29 is 49.4 Å². The predicted molar refractivity (Wildman–Crippen MR) is 105 cm³/mol. The normalized spacial score (nSPS) is 47.4. The molecule has 5 heteroatoms. The summed E-state index contributed by atoms with van der Waals surface area (Å²) in [4.78, 5) is 24.3. The smallest absolute Gasteiger partial charge is 0.550 e. The second-order valence-corrected chi connectivity index (χ2v) is 11.2. The van der Waals surface area contributed by atoms with Crippen LogP contribution in [0.2, 0.25) is 0 Å². The molecule has 0 amide bonds. The number of carbonyl (C=O) groups excluding carboxylic acids is 2. The van der Waals surface area contributed by atoms with Gasteiger partial charge in [0.2, 0.25) is 0 Å². The third-order valence-corrected chi connectivity index (χ3v) is 10.0. The van der Waals surface area contributed by atoms with E-state index in [-0.39, 0.29) is 58.8 Å². The van der Waals surface area contributed by atoms with Crippen LogP contribution in [0.1, 0.15) is 85.0 Å². The van der Waals surface area contributed by atoms with E-state index in [0.717, 1.165) is 44.9 Å². The summed E-state index contributed by atoms with van der Waals surface area (Å²) in [7, 11) is 0. The van der Waals surface area contributed by atoms with Crippen molar-refractivity contribution in [3.63, 3.8) is 0 Å². The first kappa shape index (κ1) is 23.8. The van der Waals surface area contributed by atoms with Gasteiger partial charge < -0.3 is 15.0 Å². The molecule has 1 N–H and O–H groups in total. The molecule has 4 nitrogen and oxygen atoms in total. The molecule has 0 saturated heterocycles. The maximum absolute atomic E-state index is 13.3. The Morgan fingerprint density at radius 3 is 2.48 bits per heavy atom. The first-order valence-electron chi connectivity index (χ1n) is 11.6. The Labute approximate surface area is 197 Å². The van der Waals surface area contributed by atoms with E-state index in [9.17, 15) is 19.8 Å². The van der Waals surface area contributed by atoms with Crippen molar-refractivity contribution in [2.45, 2.75) is 91.1 Å². The largest absolute Gasteiger partial charge is 1.00 e. The summed E-state index contributed by atoms with van der Waals surface area (Å²) >= 11 is 0. The molecule has 0 unspecified atom stereocenters. The molecule has 9 atom stereocenters. The van der Waals surface area contributed by atoms with Crippen LogP contribution in [0.3, 0.4) is 0 Å². The topological polar surface area (TPSA) is 77.4 Å². The average Bonchev–Trinajstić information content (AvgIpc) is 2.98. The van der Waals surface area contributed by atoms with Crippen LogP contribution in [0.15, 0.2) is 0 Å². The number of hydrogen-bond acceptors (Lipinski definition) is 4. The van der Waals surface area contributed by atoms with E-state index in [1.165, 1.54) is 0 Å². The van der Waals surface area contributed by atoms with Crippen molar-refractivity contribution in [2.24, 2.45) is 46.3 Å². The van der Waals surface area contributed by atoms with Crippen LogP contribution in [-0.2, 0) is 9.59 Å². The van der Waals surface area contributed by atoms with Crippen molar-refractivity contribution in [1.82, 2.24) is 0 Å². The van der Waals surface area contributed by atoms with Gasteiger partial charge in [-0.15, -0.1) is 0 Å². The van der Waals surface area contributed by atoms with E-state index >= 15 is 0 Å². The zero-order chi connectivity index (χ0) is 20.3. The van der Waals surface area contributed by atoms with Gasteiger partial charge in [0.1, 0.15) is 5.78 Å². The fourth-order valence-electron chi connectivity index (χ4n) is 8.43. The van der Waals surface area contributed by atoms with Crippen molar-refractivity contribution in [1.29, 1.82) is 0 Å². The van der Waals surface area contributed by atoms with Gasteiger partial charge in [0.05, 0.1) is 6.10 Å². The Bertz CT molecular complexity index is 651. The number of aliphatic hydroxyl groups is 1. The Hall–Kier alpha value is 0.1000. The van der Waals surface area contributed by atoms with Gasteiger partial charge in [-0.05, 0) is 98.2 Å². The molecule has 4 aliphatic carbocycles. The van der Waals surface area contributed by atoms with E-state index in [4.69, 9.17) is 0 Å². The zero-order valence-electron chi connectivity index (χ0n) is 18.8. The number of fused-ring (bicyclic) bond motifs is 5. The molecular formula is C24H37NaO4. The summed E-state index contributed by atoms with van der Waals surface area (Å²) < 4.78 is 0. The van der Waals surface area contributed by atoms with Crippen LogP contribution in [0.4, 0.5) is 0 Å². The van der Waals surface area contributed by atoms with Gasteiger partial charge in [0.25, 0.3) is 0 Å². The van der Waals surface area contributed by atoms with E-state index in [1.54, 1.807) is 0 Å². The first-order chi connectivity index (χ1) is 13.2. The van der Waals surface area contributed by atoms with E-state index in [0.29, 0.717) is 48.2 Å². The first-order valence-corrected chi connectivity index (χ1v) is 11.6. The van der Waals surface area contributed by atoms with Crippen LogP contribution in [0.5, 0.6) is 0 Å². The fraction of sp³-hybridized carbons (Fsp3) is 0.917. The molecule has 29 heavy (non-hydrogen) atoms. The molecule has 0 aromatic heterocycles. The molecule has 0 bridgehead atoms. The number of carbonyl (C=O) groups is 2. The van der Waals surface area contributed by atoms with Gasteiger partial charge in [0.15, 0.2) is 0 Å². The second-order valence-electron chi connectivity index (χ2n) is 11.2. The zero-order valence-corrected chi connectivity index (χ0v) is 20.8. The Morgan fingerprint density at radius 2 is 1.79 bits per heavy atom. The molecule has 0 aromatic rings. The maximum Gasteiger partial charge on any atom is 1.00 e. The molecule has 0 radical (unpaired) electrons. The SMILES string of the molecule is C[C@H](CCC(=O)[O-])[C@H]1CC[C@H]2[C@@H]3C(=O)C[C@@H]4C[C@H](O)CC[C@]4(C)[C@H]3CC[C@]12C.[Na+]. The standard InChI is InChI=1S/C24H38O4.Na/c1-14(4-7-21(27)28)17-5-6-18-22-19(9-11-24(17,18)3)23(2)10-8-16(25)12-15(23)13-20(22)26;/h14-19,22,25H,4-13H2,1-3H3,(H,27,28);/q;+1/p-1/t14-,15+,16-,17-,18+,19+,22+,23+,24-;/m1./s1. The third kappa shape index (κ3) is 3.90. The van der Waals surface area contributed by atoms with Gasteiger partial charge in [-0.1, -0.05) is 20.8 Å². The van der Waals surface area contributed by atoms with E-state index in [2.05, 4.69) is 20.8 Å². The quantitative estimate of drug-likeness (QED) is 0.677. The number of carboxylic acid groups (broad SMARTS) is 1. The van der Waals surface area contributed by atoms with Gasteiger partial charge >= 0.3 is 29.6 Å². The molecular weight excluding hydrogens is 375 g/mol. The monoisotopic (exact) mass is 412 g/mol. The molecule has 0 aromatic carbocycles. The minimum atomic E-state index is -0.948. The number of rotatable bonds is 4. The number of aliphatic carboxylic acids is 1. The Morgan fingerprint density at radius 1 is 1.14 bits per heavy atom. The number of carboxylic acids is 1. The average molecular weight is 413 g/mol. The predicted octanol–water partition coefficient (Wildman–Crippen LogP) is 0.355. The summed E-state index contributed by atoms with van der Waals surface area (Å²) in [5.74, 6) is 1.87. The third-order valence-electron chi connectivity index (χ3n) is 10.0. The number of aliphatic hydroxyl groups excluding tert-OH is 1. The Kier molecular flexibility index (Phi) is 7.01. The fourth-order valence-corrected chi connectivity index (χ4v) is 8.43. The van der Waals surface area contributed by atoms with Crippen LogP contribution in [0.25, 0.3) is 0 Å². The van der Waals surface area contributed by atoms with Gasteiger partial charge in [-0.2, -0.15) is 0 Å². The summed E-state index contributed by atoms with van der Waals surface area (Å²) in [6.07, 6.45) is 8.54. The van der Waals surface area contributed by atoms with Gasteiger partial charge in [0, 0.05) is 18.3 Å². The van der Waals surface area contributed by atoms with Crippen molar-refractivity contribution >= 4 is 11.8 Å². The number of hydrogen-bond donors (Lipinski definition) is 1. The minimum absolute atomic E-state index is 0. The number of Topliss-reactive ketones (excluding diaryl/α,β-unsaturated/α-hetero) is 1. The van der Waals surface area contributed by atoms with Crippen LogP contribution >= 0.6 is 0 Å². The molecule has 158 valence electrons. The molecule has 4 aliphatic rings. The summed E-state index contributed by atoms with van der Waals surface area (Å²) in [6, 6.07) is 0. The molecule has 0 heterocycles. The van der Waals surface area contributed by atoms with E-state index in [1.807, 2.05) is 0 Å². The van der Waals surface area contributed by atoms with Crippen molar-refractivity contribution in [2.75, 3.05) is 0 Å². The van der Waals surface area contributed by atoms with Crippen molar-refractivity contribution in [3.05, 3.63) is 0 Å². The molecule has 4 saturated carbocycles. The molecule has 4 rings (SSSR count). The van der Waals surface area contributed by atoms with E-state index < -0.39 is 5.97 Å². The van der Waals surface area contributed by atoms with Gasteiger partial charge in [-0.25, -0.2) is 0 Å².